The summed E-state index contributed by atoms with van der Waals surface area (Å²) in [6.45, 7) is 2.31. The molecule has 0 aromatic heterocycles. The topological polar surface area (TPSA) is 87.8 Å². The summed E-state index contributed by atoms with van der Waals surface area (Å²) in [4.78, 5) is 6.70. The van der Waals surface area contributed by atoms with Crippen molar-refractivity contribution in [1.29, 1.82) is 0 Å². The summed E-state index contributed by atoms with van der Waals surface area (Å²) in [5.74, 6) is 2.71. The predicted octanol–water partition coefficient (Wildman–Crippen LogP) is 1.08. The van der Waals surface area contributed by atoms with Gasteiger partial charge in [0.25, 0.3) is 0 Å². The summed E-state index contributed by atoms with van der Waals surface area (Å²) in [5.41, 5.74) is 6.91. The molecule has 6 nitrogen and oxygen atoms in total. The fourth-order valence-electron chi connectivity index (χ4n) is 1.96. The number of guanidine groups is 1. The molecule has 1 saturated heterocycles. The number of benzene rings is 1. The summed E-state index contributed by atoms with van der Waals surface area (Å²) in [6, 6.07) is 6.66. The summed E-state index contributed by atoms with van der Waals surface area (Å²) in [6.07, 6.45) is 0. The van der Waals surface area contributed by atoms with E-state index in [1.165, 1.54) is 7.05 Å². The Morgan fingerprint density at radius 2 is 1.91 bits per heavy atom. The first-order chi connectivity index (χ1) is 10.0. The Morgan fingerprint density at radius 3 is 2.45 bits per heavy atom. The quantitative estimate of drug-likeness (QED) is 0.402. The highest BCUT2D eigenvalue weighted by Crippen LogP contribution is 2.12. The van der Waals surface area contributed by atoms with Gasteiger partial charge in [-0.2, -0.15) is 11.8 Å². The molecule has 1 heterocycles. The fraction of sp³-hybridized carbons (Fsp3) is 0.462. The highest BCUT2D eigenvalue weighted by atomic mass is 127. The second kappa shape index (κ2) is 8.94. The van der Waals surface area contributed by atoms with Crippen molar-refractivity contribution in [3.8, 4) is 0 Å². The number of hydrogen-bond acceptors (Lipinski definition) is 4. The second-order valence-corrected chi connectivity index (χ2v) is 7.74. The minimum atomic E-state index is -3.38. The number of nitrogens with one attached hydrogen (secondary N) is 1. The minimum Gasteiger partial charge on any atom is -0.370 e. The molecular weight excluding hydrogens is 435 g/mol. The molecule has 0 unspecified atom stereocenters. The van der Waals surface area contributed by atoms with Crippen molar-refractivity contribution in [2.45, 2.75) is 11.4 Å². The SMILES string of the molecule is CNS(=O)(=O)c1ccc(CN=C(N)N2CCSCC2)cc1.I. The molecule has 0 amide bonds. The van der Waals surface area contributed by atoms with Crippen LogP contribution in [0.1, 0.15) is 5.56 Å². The molecule has 1 aliphatic rings. The predicted molar refractivity (Wildman–Crippen MR) is 102 cm³/mol. The molecule has 1 aromatic carbocycles. The molecule has 1 aliphatic heterocycles. The Kier molecular flexibility index (Phi) is 7.94. The normalized spacial score (nSPS) is 16.2. The molecule has 0 radical (unpaired) electrons. The Bertz CT molecular complexity index is 599. The van der Waals surface area contributed by atoms with Gasteiger partial charge in [-0.05, 0) is 24.7 Å². The largest absolute Gasteiger partial charge is 0.370 e. The van der Waals surface area contributed by atoms with Crippen LogP contribution < -0.4 is 10.5 Å². The van der Waals surface area contributed by atoms with E-state index in [1.807, 2.05) is 11.8 Å². The van der Waals surface area contributed by atoms with Gasteiger partial charge in [0.05, 0.1) is 11.4 Å². The van der Waals surface area contributed by atoms with Crippen LogP contribution in [0.4, 0.5) is 0 Å². The lowest BCUT2D eigenvalue weighted by atomic mass is 10.2. The molecule has 2 rings (SSSR count). The number of nitrogens with two attached hydrogens (primary N) is 1. The maximum atomic E-state index is 11.6. The van der Waals surface area contributed by atoms with Crippen LogP contribution in [0.3, 0.4) is 0 Å². The van der Waals surface area contributed by atoms with E-state index in [1.54, 1.807) is 24.3 Å². The number of hydrogen-bond donors (Lipinski definition) is 2. The fourth-order valence-corrected chi connectivity index (χ4v) is 3.59. The van der Waals surface area contributed by atoms with E-state index in [0.29, 0.717) is 12.5 Å². The van der Waals surface area contributed by atoms with E-state index in [0.717, 1.165) is 30.2 Å². The van der Waals surface area contributed by atoms with Crippen LogP contribution in [0.5, 0.6) is 0 Å². The van der Waals surface area contributed by atoms with Crippen LogP contribution in [-0.4, -0.2) is 50.9 Å². The summed E-state index contributed by atoms with van der Waals surface area (Å²) in [7, 11) is -1.99. The first-order valence-corrected chi connectivity index (χ1v) is 9.32. The number of aliphatic imine (C=N–C) groups is 1. The highest BCUT2D eigenvalue weighted by molar-refractivity contribution is 14.0. The lowest BCUT2D eigenvalue weighted by Gasteiger charge is -2.27. The minimum absolute atomic E-state index is 0. The molecule has 124 valence electrons. The zero-order valence-corrected chi connectivity index (χ0v) is 16.3. The van der Waals surface area contributed by atoms with Crippen LogP contribution in [0.2, 0.25) is 0 Å². The Morgan fingerprint density at radius 1 is 1.32 bits per heavy atom. The van der Waals surface area contributed by atoms with Gasteiger partial charge in [0, 0.05) is 24.6 Å². The Balaban J connectivity index is 0.00000242. The summed E-state index contributed by atoms with van der Waals surface area (Å²) < 4.78 is 25.5. The molecule has 0 atom stereocenters. The van der Waals surface area contributed by atoms with E-state index in [2.05, 4.69) is 14.6 Å². The second-order valence-electron chi connectivity index (χ2n) is 4.63. The third-order valence-electron chi connectivity index (χ3n) is 3.26. The van der Waals surface area contributed by atoms with Gasteiger partial charge < -0.3 is 10.6 Å². The van der Waals surface area contributed by atoms with Gasteiger partial charge in [-0.1, -0.05) is 12.1 Å². The zero-order valence-electron chi connectivity index (χ0n) is 12.4. The molecule has 9 heteroatoms. The third-order valence-corrected chi connectivity index (χ3v) is 5.63. The molecule has 3 N–H and O–H groups in total. The maximum absolute atomic E-state index is 11.6. The van der Waals surface area contributed by atoms with E-state index in [9.17, 15) is 8.42 Å². The average Bonchev–Trinajstić information content (AvgIpc) is 2.54. The standard InChI is InChI=1S/C13H20N4O2S2.HI/c1-15-21(18,19)12-4-2-11(3-5-12)10-16-13(14)17-6-8-20-9-7-17;/h2-5,15H,6-10H2,1H3,(H2,14,16);1H. The molecule has 22 heavy (non-hydrogen) atoms. The van der Waals surface area contributed by atoms with Crippen LogP contribution in [-0.2, 0) is 16.6 Å². The van der Waals surface area contributed by atoms with Crippen LogP contribution >= 0.6 is 35.7 Å². The monoisotopic (exact) mass is 456 g/mol. The average molecular weight is 456 g/mol. The van der Waals surface area contributed by atoms with Crippen molar-refractivity contribution in [3.05, 3.63) is 29.8 Å². The number of rotatable bonds is 4. The van der Waals surface area contributed by atoms with Gasteiger partial charge >= 0.3 is 0 Å². The molecule has 0 saturated carbocycles. The molecule has 0 aliphatic carbocycles. The third kappa shape index (κ3) is 5.28. The Labute approximate surface area is 153 Å². The number of sulfonamides is 1. The van der Waals surface area contributed by atoms with E-state index >= 15 is 0 Å². The van der Waals surface area contributed by atoms with E-state index < -0.39 is 10.0 Å². The lowest BCUT2D eigenvalue weighted by molar-refractivity contribution is 0.455. The van der Waals surface area contributed by atoms with Gasteiger partial charge in [-0.3, -0.25) is 0 Å². The molecule has 0 bridgehead atoms. The molecular formula is C13H21IN4O2S2. The van der Waals surface area contributed by atoms with Crippen LogP contribution in [0.15, 0.2) is 34.2 Å². The van der Waals surface area contributed by atoms with Gasteiger partial charge in [-0.25, -0.2) is 18.1 Å². The first kappa shape index (κ1) is 19.5. The van der Waals surface area contributed by atoms with Crippen LogP contribution in [0, 0.1) is 0 Å². The van der Waals surface area contributed by atoms with Crippen molar-refractivity contribution in [2.75, 3.05) is 31.6 Å². The maximum Gasteiger partial charge on any atom is 0.240 e. The van der Waals surface area contributed by atoms with Gasteiger partial charge in [0.2, 0.25) is 10.0 Å². The molecule has 1 fully saturated rings. The van der Waals surface area contributed by atoms with Gasteiger partial charge in [0.1, 0.15) is 0 Å². The van der Waals surface area contributed by atoms with E-state index in [-0.39, 0.29) is 28.9 Å². The lowest BCUT2D eigenvalue weighted by Crippen LogP contribution is -2.42. The summed E-state index contributed by atoms with van der Waals surface area (Å²) in [5, 5.41) is 0. The number of halogens is 1. The van der Waals surface area contributed by atoms with Gasteiger partial charge in [0.15, 0.2) is 5.96 Å². The van der Waals surface area contributed by atoms with Crippen LogP contribution in [0.25, 0.3) is 0 Å². The van der Waals surface area contributed by atoms with Gasteiger partial charge in [-0.15, -0.1) is 24.0 Å². The summed E-state index contributed by atoms with van der Waals surface area (Å²) >= 11 is 1.92. The van der Waals surface area contributed by atoms with Crippen molar-refractivity contribution in [3.63, 3.8) is 0 Å². The number of nitrogens with zero attached hydrogens (tertiary/aromatic N) is 2. The van der Waals surface area contributed by atoms with E-state index in [4.69, 9.17) is 5.73 Å². The highest BCUT2D eigenvalue weighted by Gasteiger charge is 2.12. The number of thioether (sulfide) groups is 1. The van der Waals surface area contributed by atoms with Crippen molar-refractivity contribution < 1.29 is 8.42 Å². The Hall–Kier alpha value is -0.520. The molecule has 0 spiro atoms. The first-order valence-electron chi connectivity index (χ1n) is 6.68. The molecule has 1 aromatic rings. The van der Waals surface area contributed by atoms with Crippen molar-refractivity contribution >= 4 is 51.7 Å². The van der Waals surface area contributed by atoms with Crippen molar-refractivity contribution in [2.24, 2.45) is 10.7 Å². The zero-order chi connectivity index (χ0) is 15.3. The smallest absolute Gasteiger partial charge is 0.240 e. The van der Waals surface area contributed by atoms with Crippen molar-refractivity contribution in [1.82, 2.24) is 9.62 Å².